The molecular weight excluding hydrogens is 567 g/mol. The molecule has 142 valence electrons. The van der Waals surface area contributed by atoms with Crippen LogP contribution in [0.2, 0.25) is 0 Å². The van der Waals surface area contributed by atoms with Gasteiger partial charge in [0.1, 0.15) is 0 Å². The molecule has 0 atom stereocenters. The third-order valence-electron chi connectivity index (χ3n) is 3.12. The van der Waals surface area contributed by atoms with Crippen LogP contribution in [0.4, 0.5) is 13.2 Å². The summed E-state index contributed by atoms with van der Waals surface area (Å²) in [7, 11) is 9.75. The molecule has 0 radical (unpaired) electrons. The molecule has 0 bridgehead atoms. The number of alkyl halides is 3. The zero-order valence-electron chi connectivity index (χ0n) is 13.6. The molecule has 0 aromatic heterocycles. The predicted molar refractivity (Wildman–Crippen MR) is 93.0 cm³/mol. The molecule has 2 rings (SSSR count). The standard InChI is InChI=1S/C9H6F3N.C9H9N.2ClH.Pt/c10-9(11,12)8-4-2-1-3-7(8)5-6-13;1-8-4-2-3-5-9(8)6-7-10;;;/h1-4H,5H2;2-5H,6H2,1H3;2*1H;/q;;;;+2/p-2. The fourth-order valence-corrected chi connectivity index (χ4v) is 1.93. The topological polar surface area (TPSA) is 47.6 Å². The second-order valence-electron chi connectivity index (χ2n) is 4.80. The molecule has 0 fully saturated rings. The molecule has 0 saturated carbocycles. The molecule has 0 unspecified atom stereocenters. The van der Waals surface area contributed by atoms with E-state index in [-0.39, 0.29) is 12.0 Å². The van der Waals surface area contributed by atoms with Gasteiger partial charge in [-0.1, -0.05) is 42.5 Å². The van der Waals surface area contributed by atoms with Crippen molar-refractivity contribution in [2.75, 3.05) is 0 Å². The van der Waals surface area contributed by atoms with Gasteiger partial charge in [-0.15, -0.1) is 0 Å². The van der Waals surface area contributed by atoms with Crippen LogP contribution in [0.5, 0.6) is 0 Å². The molecule has 0 aliphatic carbocycles. The van der Waals surface area contributed by atoms with Crippen LogP contribution in [0.3, 0.4) is 0 Å². The Bertz CT molecular complexity index is 753. The Morgan fingerprint density at radius 2 is 1.31 bits per heavy atom. The summed E-state index contributed by atoms with van der Waals surface area (Å²) in [5, 5.41) is 16.7. The Hall–Kier alpha value is -1.52. The van der Waals surface area contributed by atoms with E-state index in [1.54, 1.807) is 6.07 Å². The number of nitriles is 2. The summed E-state index contributed by atoms with van der Waals surface area (Å²) in [6.07, 6.45) is -4.06. The first-order valence-electron chi connectivity index (χ1n) is 7.07. The monoisotopic (exact) mass is 581 g/mol. The average molecular weight is 582 g/mol. The normalized spacial score (nSPS) is 9.69. The van der Waals surface area contributed by atoms with Crippen LogP contribution in [0, 0.1) is 29.6 Å². The second-order valence-corrected chi connectivity index (χ2v) is 8.08. The van der Waals surface area contributed by atoms with E-state index < -0.39 is 28.2 Å². The Labute approximate surface area is 167 Å². The van der Waals surface area contributed by atoms with Gasteiger partial charge in [-0.25, -0.2) is 0 Å². The average Bonchev–Trinajstić information content (AvgIpc) is 2.58. The third-order valence-corrected chi connectivity index (χ3v) is 3.12. The first-order valence-corrected chi connectivity index (χ1v) is 12.7. The van der Waals surface area contributed by atoms with Gasteiger partial charge in [-0.2, -0.15) is 23.7 Å². The summed E-state index contributed by atoms with van der Waals surface area (Å²) >= 11 is -0.472. The molecular formula is C18H15Cl2F3N2Pt. The molecule has 2 nitrogen and oxygen atoms in total. The van der Waals surface area contributed by atoms with E-state index in [9.17, 15) is 13.2 Å². The first kappa shape index (κ1) is 24.5. The van der Waals surface area contributed by atoms with E-state index in [0.717, 1.165) is 11.6 Å². The van der Waals surface area contributed by atoms with Crippen molar-refractivity contribution in [2.45, 2.75) is 25.9 Å². The molecule has 26 heavy (non-hydrogen) atoms. The second kappa shape index (κ2) is 13.7. The molecule has 0 N–H and O–H groups in total. The molecule has 0 heterocycles. The molecule has 2 aromatic carbocycles. The molecule has 0 spiro atoms. The van der Waals surface area contributed by atoms with Crippen molar-refractivity contribution in [3.05, 3.63) is 70.8 Å². The van der Waals surface area contributed by atoms with Crippen molar-refractivity contribution in [1.29, 1.82) is 10.5 Å². The SMILES string of the molecule is Cc1ccccc1CC#N.N#CCc1ccccc1C(F)(F)F.[Cl][Pt][Cl]. The van der Waals surface area contributed by atoms with Gasteiger partial charge in [0.2, 0.25) is 0 Å². The zero-order valence-corrected chi connectivity index (χ0v) is 17.4. The van der Waals surface area contributed by atoms with Gasteiger partial charge in [0.25, 0.3) is 0 Å². The van der Waals surface area contributed by atoms with Gasteiger partial charge in [0, 0.05) is 0 Å². The van der Waals surface area contributed by atoms with Gasteiger partial charge >= 0.3 is 41.5 Å². The van der Waals surface area contributed by atoms with Crippen LogP contribution in [-0.4, -0.2) is 0 Å². The minimum absolute atomic E-state index is 0.0255. The molecule has 2 aromatic rings. The Morgan fingerprint density at radius 3 is 1.77 bits per heavy atom. The van der Waals surface area contributed by atoms with Crippen molar-refractivity contribution in [1.82, 2.24) is 0 Å². The molecule has 0 aliphatic heterocycles. The fourth-order valence-electron chi connectivity index (χ4n) is 1.93. The maximum absolute atomic E-state index is 12.3. The zero-order chi connectivity index (χ0) is 20.0. The summed E-state index contributed by atoms with van der Waals surface area (Å²) in [5.41, 5.74) is 1.63. The Morgan fingerprint density at radius 1 is 0.885 bits per heavy atom. The molecule has 0 saturated heterocycles. The van der Waals surface area contributed by atoms with Crippen LogP contribution in [0.1, 0.15) is 22.3 Å². The van der Waals surface area contributed by atoms with E-state index in [0.29, 0.717) is 6.42 Å². The summed E-state index contributed by atoms with van der Waals surface area (Å²) in [4.78, 5) is 0. The number of nitrogens with zero attached hydrogens (tertiary/aromatic N) is 2. The van der Waals surface area contributed by atoms with Crippen LogP contribution in [-0.2, 0) is 35.5 Å². The van der Waals surface area contributed by atoms with Crippen molar-refractivity contribution >= 4 is 18.8 Å². The van der Waals surface area contributed by atoms with E-state index >= 15 is 0 Å². The van der Waals surface area contributed by atoms with Crippen LogP contribution >= 0.6 is 18.8 Å². The Balaban J connectivity index is 0.000000428. The van der Waals surface area contributed by atoms with Crippen LogP contribution in [0.15, 0.2) is 48.5 Å². The van der Waals surface area contributed by atoms with Crippen LogP contribution in [0.25, 0.3) is 0 Å². The van der Waals surface area contributed by atoms with Crippen molar-refractivity contribution < 1.29 is 29.7 Å². The number of halogens is 5. The molecule has 0 aliphatic rings. The minimum atomic E-state index is -4.37. The van der Waals surface area contributed by atoms with Crippen LogP contribution < -0.4 is 0 Å². The number of aryl methyl sites for hydroxylation is 1. The van der Waals surface area contributed by atoms with E-state index in [1.807, 2.05) is 31.2 Å². The number of hydrogen-bond donors (Lipinski definition) is 0. The summed E-state index contributed by atoms with van der Waals surface area (Å²) < 4.78 is 36.8. The van der Waals surface area contributed by atoms with Crippen molar-refractivity contribution in [3.8, 4) is 12.1 Å². The predicted octanol–water partition coefficient (Wildman–Crippen LogP) is 6.21. The van der Waals surface area contributed by atoms with E-state index in [1.165, 1.54) is 23.8 Å². The van der Waals surface area contributed by atoms with E-state index in [2.05, 4.69) is 6.07 Å². The quantitative estimate of drug-likeness (QED) is 0.423. The van der Waals surface area contributed by atoms with Gasteiger partial charge < -0.3 is 0 Å². The van der Waals surface area contributed by atoms with Gasteiger partial charge in [-0.3, -0.25) is 0 Å². The molecule has 0 amide bonds. The van der Waals surface area contributed by atoms with E-state index in [4.69, 9.17) is 29.4 Å². The molecule has 8 heteroatoms. The first-order chi connectivity index (χ1) is 12.3. The number of rotatable bonds is 2. The van der Waals surface area contributed by atoms with Crippen molar-refractivity contribution in [2.24, 2.45) is 0 Å². The maximum atomic E-state index is 12.3. The van der Waals surface area contributed by atoms with Gasteiger partial charge in [-0.05, 0) is 29.7 Å². The summed E-state index contributed by atoms with van der Waals surface area (Å²) in [6.45, 7) is 2.02. The summed E-state index contributed by atoms with van der Waals surface area (Å²) in [6, 6.07) is 16.9. The Kier molecular flexibility index (Phi) is 12.9. The van der Waals surface area contributed by atoms with Crippen molar-refractivity contribution in [3.63, 3.8) is 0 Å². The van der Waals surface area contributed by atoms with Gasteiger partial charge in [0.15, 0.2) is 0 Å². The van der Waals surface area contributed by atoms with Gasteiger partial charge in [0.05, 0.1) is 30.5 Å². The number of hydrogen-bond acceptors (Lipinski definition) is 2. The summed E-state index contributed by atoms with van der Waals surface area (Å²) in [5.74, 6) is 0. The fraction of sp³-hybridized carbons (Fsp3) is 0.222. The number of benzene rings is 2. The third kappa shape index (κ3) is 9.83.